The predicted octanol–water partition coefficient (Wildman–Crippen LogP) is 2.21. The van der Waals surface area contributed by atoms with Gasteiger partial charge in [0.25, 0.3) is 0 Å². The summed E-state index contributed by atoms with van der Waals surface area (Å²) < 4.78 is 0. The summed E-state index contributed by atoms with van der Waals surface area (Å²) in [6.07, 6.45) is 0. The lowest BCUT2D eigenvalue weighted by Gasteiger charge is -2.22. The van der Waals surface area contributed by atoms with Gasteiger partial charge in [-0.25, -0.2) is 0 Å². The van der Waals surface area contributed by atoms with Crippen molar-refractivity contribution in [3.63, 3.8) is 0 Å². The molecule has 1 N–H and O–H groups in total. The molecule has 0 saturated carbocycles. The highest BCUT2D eigenvalue weighted by Crippen LogP contribution is 2.14. The Morgan fingerprint density at radius 3 is 2.60 bits per heavy atom. The first-order valence-corrected chi connectivity index (χ1v) is 5.58. The fraction of sp³-hybridized carbons (Fsp3) is 0.538. The summed E-state index contributed by atoms with van der Waals surface area (Å²) in [5.74, 6) is 0. The second kappa shape index (κ2) is 5.89. The second-order valence-corrected chi connectivity index (χ2v) is 4.29. The maximum Gasteiger partial charge on any atom is 0.0449 e. The fourth-order valence-electron chi connectivity index (χ4n) is 1.79. The molecule has 0 bridgehead atoms. The quantitative estimate of drug-likeness (QED) is 0.794. The second-order valence-electron chi connectivity index (χ2n) is 4.29. The van der Waals surface area contributed by atoms with Crippen LogP contribution >= 0.6 is 0 Å². The van der Waals surface area contributed by atoms with Gasteiger partial charge in [-0.15, -0.1) is 0 Å². The minimum absolute atomic E-state index is 0.435. The Bertz CT molecular complexity index is 294. The van der Waals surface area contributed by atoms with E-state index < -0.39 is 0 Å². The van der Waals surface area contributed by atoms with Gasteiger partial charge in [-0.1, -0.05) is 36.8 Å². The lowest BCUT2D eigenvalue weighted by molar-refractivity contribution is 0.345. The first-order valence-electron chi connectivity index (χ1n) is 5.58. The largest absolute Gasteiger partial charge is 0.309 e. The molecule has 2 heteroatoms. The van der Waals surface area contributed by atoms with Crippen LogP contribution in [-0.2, 0) is 0 Å². The summed E-state index contributed by atoms with van der Waals surface area (Å²) in [5.41, 5.74) is 2.71. The average Bonchev–Trinajstić information content (AvgIpc) is 2.16. The van der Waals surface area contributed by atoms with Crippen LogP contribution in [0.2, 0.25) is 0 Å². The number of nitrogens with zero attached hydrogens (tertiary/aromatic N) is 1. The molecule has 0 amide bonds. The maximum atomic E-state index is 3.52. The molecule has 2 nitrogen and oxygen atoms in total. The van der Waals surface area contributed by atoms with Crippen LogP contribution in [0.4, 0.5) is 0 Å². The molecule has 0 aliphatic carbocycles. The van der Waals surface area contributed by atoms with Gasteiger partial charge in [-0.2, -0.15) is 0 Å². The van der Waals surface area contributed by atoms with Crippen molar-refractivity contribution in [2.45, 2.75) is 19.9 Å². The SMILES string of the molecule is CCNC(CN(C)C)c1cccc(C)c1. The van der Waals surface area contributed by atoms with E-state index in [1.807, 2.05) is 0 Å². The third-order valence-electron chi connectivity index (χ3n) is 2.44. The van der Waals surface area contributed by atoms with Crippen LogP contribution in [0.5, 0.6) is 0 Å². The van der Waals surface area contributed by atoms with E-state index in [2.05, 4.69) is 62.4 Å². The van der Waals surface area contributed by atoms with Gasteiger partial charge in [0.15, 0.2) is 0 Å². The fourth-order valence-corrected chi connectivity index (χ4v) is 1.79. The van der Waals surface area contributed by atoms with E-state index >= 15 is 0 Å². The van der Waals surface area contributed by atoms with Gasteiger partial charge >= 0.3 is 0 Å². The van der Waals surface area contributed by atoms with E-state index in [4.69, 9.17) is 0 Å². The molecule has 15 heavy (non-hydrogen) atoms. The van der Waals surface area contributed by atoms with Crippen molar-refractivity contribution in [2.75, 3.05) is 27.2 Å². The van der Waals surface area contributed by atoms with Crippen molar-refractivity contribution in [3.8, 4) is 0 Å². The van der Waals surface area contributed by atoms with Crippen LogP contribution in [0.25, 0.3) is 0 Å². The number of benzene rings is 1. The summed E-state index contributed by atoms with van der Waals surface area (Å²) in [6.45, 7) is 6.34. The molecule has 0 fully saturated rings. The van der Waals surface area contributed by atoms with Crippen molar-refractivity contribution in [3.05, 3.63) is 35.4 Å². The minimum atomic E-state index is 0.435. The molecule has 1 aromatic carbocycles. The Hall–Kier alpha value is -0.860. The zero-order chi connectivity index (χ0) is 11.3. The molecule has 0 aliphatic rings. The number of hydrogen-bond acceptors (Lipinski definition) is 2. The lowest BCUT2D eigenvalue weighted by Crippen LogP contribution is -2.31. The average molecular weight is 206 g/mol. The Morgan fingerprint density at radius 2 is 2.07 bits per heavy atom. The van der Waals surface area contributed by atoms with E-state index in [0.717, 1.165) is 13.1 Å². The number of nitrogens with one attached hydrogen (secondary N) is 1. The third-order valence-corrected chi connectivity index (χ3v) is 2.44. The van der Waals surface area contributed by atoms with Crippen LogP contribution in [-0.4, -0.2) is 32.1 Å². The highest BCUT2D eigenvalue weighted by molar-refractivity contribution is 5.25. The predicted molar refractivity (Wildman–Crippen MR) is 66.2 cm³/mol. The van der Waals surface area contributed by atoms with Gasteiger partial charge in [0.1, 0.15) is 0 Å². The van der Waals surface area contributed by atoms with Crippen LogP contribution in [0.3, 0.4) is 0 Å². The highest BCUT2D eigenvalue weighted by atomic mass is 15.1. The van der Waals surface area contributed by atoms with Crippen LogP contribution in [0.1, 0.15) is 24.1 Å². The van der Waals surface area contributed by atoms with Crippen molar-refractivity contribution < 1.29 is 0 Å². The van der Waals surface area contributed by atoms with Gasteiger partial charge in [-0.3, -0.25) is 0 Å². The Balaban J connectivity index is 2.78. The first-order chi connectivity index (χ1) is 7.13. The molecular formula is C13H22N2. The molecule has 1 aromatic rings. The molecular weight excluding hydrogens is 184 g/mol. The first kappa shape index (κ1) is 12.2. The van der Waals surface area contributed by atoms with Gasteiger partial charge in [0, 0.05) is 12.6 Å². The lowest BCUT2D eigenvalue weighted by atomic mass is 10.0. The van der Waals surface area contributed by atoms with E-state index in [1.54, 1.807) is 0 Å². The van der Waals surface area contributed by atoms with E-state index in [0.29, 0.717) is 6.04 Å². The maximum absolute atomic E-state index is 3.52. The van der Waals surface area contributed by atoms with Gasteiger partial charge in [0.2, 0.25) is 0 Å². The number of hydrogen-bond donors (Lipinski definition) is 1. The zero-order valence-corrected chi connectivity index (χ0v) is 10.2. The standard InChI is InChI=1S/C13H22N2/c1-5-14-13(10-15(3)4)12-8-6-7-11(2)9-12/h6-9,13-14H,5,10H2,1-4H3. The summed E-state index contributed by atoms with van der Waals surface area (Å²) in [4.78, 5) is 2.22. The number of aryl methyl sites for hydroxylation is 1. The number of rotatable bonds is 5. The molecule has 0 aliphatic heterocycles. The molecule has 1 rings (SSSR count). The monoisotopic (exact) mass is 206 g/mol. The van der Waals surface area contributed by atoms with Crippen molar-refractivity contribution in [2.24, 2.45) is 0 Å². The summed E-state index contributed by atoms with van der Waals surface area (Å²) in [7, 11) is 4.22. The van der Waals surface area contributed by atoms with E-state index in [9.17, 15) is 0 Å². The smallest absolute Gasteiger partial charge is 0.0449 e. The Kier molecular flexibility index (Phi) is 4.79. The van der Waals surface area contributed by atoms with E-state index in [-0.39, 0.29) is 0 Å². The minimum Gasteiger partial charge on any atom is -0.309 e. The molecule has 0 heterocycles. The summed E-state index contributed by atoms with van der Waals surface area (Å²) >= 11 is 0. The molecule has 84 valence electrons. The molecule has 1 unspecified atom stereocenters. The zero-order valence-electron chi connectivity index (χ0n) is 10.2. The molecule has 0 saturated heterocycles. The molecule has 1 atom stereocenters. The van der Waals surface area contributed by atoms with Crippen LogP contribution < -0.4 is 5.32 Å². The molecule has 0 aromatic heterocycles. The van der Waals surface area contributed by atoms with E-state index in [1.165, 1.54) is 11.1 Å². The van der Waals surface area contributed by atoms with Gasteiger partial charge in [-0.05, 0) is 33.1 Å². The topological polar surface area (TPSA) is 15.3 Å². The Labute approximate surface area is 93.3 Å². The summed E-state index contributed by atoms with van der Waals surface area (Å²) in [6, 6.07) is 9.16. The normalized spacial score (nSPS) is 13.1. The summed E-state index contributed by atoms with van der Waals surface area (Å²) in [5, 5.41) is 3.52. The van der Waals surface area contributed by atoms with Crippen LogP contribution in [0.15, 0.2) is 24.3 Å². The molecule has 0 radical (unpaired) electrons. The van der Waals surface area contributed by atoms with Crippen molar-refractivity contribution >= 4 is 0 Å². The third kappa shape index (κ3) is 4.02. The van der Waals surface area contributed by atoms with Crippen LogP contribution in [0, 0.1) is 6.92 Å². The van der Waals surface area contributed by atoms with Crippen molar-refractivity contribution in [1.29, 1.82) is 0 Å². The van der Waals surface area contributed by atoms with Crippen molar-refractivity contribution in [1.82, 2.24) is 10.2 Å². The Morgan fingerprint density at radius 1 is 1.33 bits per heavy atom. The highest BCUT2D eigenvalue weighted by Gasteiger charge is 2.10. The number of likely N-dealkylation sites (N-methyl/N-ethyl adjacent to an activating group) is 2. The van der Waals surface area contributed by atoms with Gasteiger partial charge < -0.3 is 10.2 Å². The van der Waals surface area contributed by atoms with Gasteiger partial charge in [0.05, 0.1) is 0 Å². The molecule has 0 spiro atoms.